The molecule has 1 aromatic carbocycles. The minimum absolute atomic E-state index is 0.144. The summed E-state index contributed by atoms with van der Waals surface area (Å²) in [4.78, 5) is 27.2. The topological polar surface area (TPSA) is 69.6 Å². The van der Waals surface area contributed by atoms with Crippen molar-refractivity contribution < 1.29 is 14.7 Å². The van der Waals surface area contributed by atoms with Crippen LogP contribution in [0.15, 0.2) is 36.4 Å². The van der Waals surface area contributed by atoms with Crippen LogP contribution in [0.5, 0.6) is 5.75 Å². The number of halogens is 1. The van der Waals surface area contributed by atoms with Crippen molar-refractivity contribution in [3.05, 3.63) is 51.2 Å². The molecule has 1 saturated heterocycles. The fourth-order valence-corrected chi connectivity index (χ4v) is 3.77. The molecule has 0 spiro atoms. The number of phenolic OH excluding ortho intramolecular Hbond substituents is 1. The molecule has 2 aromatic rings. The minimum Gasteiger partial charge on any atom is -0.508 e. The van der Waals surface area contributed by atoms with Gasteiger partial charge in [-0.05, 0) is 42.7 Å². The van der Waals surface area contributed by atoms with Crippen molar-refractivity contribution >= 4 is 34.8 Å². The second kappa shape index (κ2) is 7.23. The molecule has 5 nitrogen and oxygen atoms in total. The molecule has 0 saturated carbocycles. The summed E-state index contributed by atoms with van der Waals surface area (Å²) in [5.74, 6) is -0.113. The molecule has 3 rings (SSSR count). The Bertz CT molecular complexity index is 745. The van der Waals surface area contributed by atoms with E-state index in [0.717, 1.165) is 12.0 Å². The Balaban J connectivity index is 1.63. The number of hydrogen-bond donors (Lipinski definition) is 2. The zero-order valence-electron chi connectivity index (χ0n) is 12.9. The maximum atomic E-state index is 12.6. The molecule has 1 atom stereocenters. The first-order valence-electron chi connectivity index (χ1n) is 7.66. The lowest BCUT2D eigenvalue weighted by molar-refractivity contribution is -0.125. The Labute approximate surface area is 148 Å². The third-order valence-corrected chi connectivity index (χ3v) is 5.22. The number of hydrogen-bond acceptors (Lipinski definition) is 4. The Morgan fingerprint density at radius 1 is 1.25 bits per heavy atom. The van der Waals surface area contributed by atoms with E-state index in [1.807, 2.05) is 0 Å². The molecule has 0 aliphatic carbocycles. The second-order valence-corrected chi connectivity index (χ2v) is 7.36. The summed E-state index contributed by atoms with van der Waals surface area (Å²) in [6.45, 7) is 0.939. The Hall–Kier alpha value is -2.05. The fraction of sp³-hybridized carbons (Fsp3) is 0.294. The smallest absolute Gasteiger partial charge is 0.264 e. The van der Waals surface area contributed by atoms with Crippen molar-refractivity contribution in [3.8, 4) is 5.75 Å². The summed E-state index contributed by atoms with van der Waals surface area (Å²) in [5.41, 5.74) is 0.891. The van der Waals surface area contributed by atoms with Crippen molar-refractivity contribution in [2.24, 2.45) is 0 Å². The highest BCUT2D eigenvalue weighted by Gasteiger charge is 2.34. The third kappa shape index (κ3) is 3.71. The third-order valence-electron chi connectivity index (χ3n) is 4.00. The van der Waals surface area contributed by atoms with Crippen LogP contribution in [0, 0.1) is 0 Å². The average Bonchev–Trinajstić information content (AvgIpc) is 3.22. The summed E-state index contributed by atoms with van der Waals surface area (Å²) in [5, 5.41) is 12.1. The first-order chi connectivity index (χ1) is 11.5. The molecule has 1 aliphatic rings. The normalized spacial score (nSPS) is 17.0. The zero-order chi connectivity index (χ0) is 17.1. The standard InChI is InChI=1S/C17H17ClN2O3S/c18-15-8-7-14(24-15)17(23)20-9-1-2-13(20)16(22)19-10-11-3-5-12(21)6-4-11/h3-8,13,21H,1-2,9-10H2,(H,19,22)/t13-/m1/s1. The summed E-state index contributed by atoms with van der Waals surface area (Å²) >= 11 is 7.12. The summed E-state index contributed by atoms with van der Waals surface area (Å²) in [6.07, 6.45) is 1.47. The van der Waals surface area contributed by atoms with E-state index in [0.29, 0.717) is 28.7 Å². The van der Waals surface area contributed by atoms with Gasteiger partial charge in [-0.15, -0.1) is 11.3 Å². The Kier molecular flexibility index (Phi) is 5.06. The van der Waals surface area contributed by atoms with Crippen molar-refractivity contribution in [2.75, 3.05) is 6.54 Å². The lowest BCUT2D eigenvalue weighted by atomic mass is 10.1. The molecule has 7 heteroatoms. The number of aromatic hydroxyl groups is 1. The molecule has 126 valence electrons. The van der Waals surface area contributed by atoms with Gasteiger partial charge in [0, 0.05) is 13.1 Å². The summed E-state index contributed by atoms with van der Waals surface area (Å²) in [6, 6.07) is 9.59. The molecule has 24 heavy (non-hydrogen) atoms. The Morgan fingerprint density at radius 3 is 2.67 bits per heavy atom. The van der Waals surface area contributed by atoms with Crippen LogP contribution in [-0.4, -0.2) is 34.4 Å². The van der Waals surface area contributed by atoms with Crippen molar-refractivity contribution in [1.29, 1.82) is 0 Å². The van der Waals surface area contributed by atoms with Crippen LogP contribution in [0.3, 0.4) is 0 Å². The van der Waals surface area contributed by atoms with Gasteiger partial charge >= 0.3 is 0 Å². The first kappa shape index (κ1) is 16.8. The predicted octanol–water partition coefficient (Wildman–Crippen LogP) is 3.03. The first-order valence-corrected chi connectivity index (χ1v) is 8.86. The molecule has 1 fully saturated rings. The molecule has 1 aliphatic heterocycles. The van der Waals surface area contributed by atoms with E-state index in [2.05, 4.69) is 5.32 Å². The number of thiophene rings is 1. The van der Waals surface area contributed by atoms with E-state index in [1.54, 1.807) is 41.3 Å². The van der Waals surface area contributed by atoms with Gasteiger partial charge in [0.2, 0.25) is 5.91 Å². The Morgan fingerprint density at radius 2 is 2.00 bits per heavy atom. The highest BCUT2D eigenvalue weighted by Crippen LogP contribution is 2.26. The van der Waals surface area contributed by atoms with Gasteiger partial charge in [-0.25, -0.2) is 0 Å². The van der Waals surface area contributed by atoms with Crippen LogP contribution in [-0.2, 0) is 11.3 Å². The summed E-state index contributed by atoms with van der Waals surface area (Å²) < 4.78 is 0.561. The van der Waals surface area contributed by atoms with E-state index in [-0.39, 0.29) is 17.6 Å². The molecule has 0 unspecified atom stereocenters. The fourth-order valence-electron chi connectivity index (χ4n) is 2.77. The molecule has 2 amide bonds. The lowest BCUT2D eigenvalue weighted by Gasteiger charge is -2.23. The lowest BCUT2D eigenvalue weighted by Crippen LogP contribution is -2.45. The molecule has 2 heterocycles. The largest absolute Gasteiger partial charge is 0.508 e. The number of carbonyl (C=O) groups excluding carboxylic acids is 2. The molecular weight excluding hydrogens is 348 g/mol. The number of phenols is 1. The van der Waals surface area contributed by atoms with Gasteiger partial charge in [-0.1, -0.05) is 23.7 Å². The van der Waals surface area contributed by atoms with Crippen molar-refractivity contribution in [2.45, 2.75) is 25.4 Å². The monoisotopic (exact) mass is 364 g/mol. The molecular formula is C17H17ClN2O3S. The van der Waals surface area contributed by atoms with E-state index in [4.69, 9.17) is 11.6 Å². The summed E-state index contributed by atoms with van der Waals surface area (Å²) in [7, 11) is 0. The van der Waals surface area contributed by atoms with E-state index >= 15 is 0 Å². The SMILES string of the molecule is O=C(NCc1ccc(O)cc1)[C@H]1CCCN1C(=O)c1ccc(Cl)s1. The quantitative estimate of drug-likeness (QED) is 0.876. The minimum atomic E-state index is -0.449. The number of nitrogens with one attached hydrogen (secondary N) is 1. The van der Waals surface area contributed by atoms with Gasteiger partial charge in [0.05, 0.1) is 9.21 Å². The molecule has 0 bridgehead atoms. The van der Waals surface area contributed by atoms with Gasteiger partial charge in [-0.3, -0.25) is 9.59 Å². The maximum Gasteiger partial charge on any atom is 0.264 e. The number of rotatable bonds is 4. The molecule has 1 aromatic heterocycles. The zero-order valence-corrected chi connectivity index (χ0v) is 14.4. The van der Waals surface area contributed by atoms with E-state index in [9.17, 15) is 14.7 Å². The molecule has 2 N–H and O–H groups in total. The van der Waals surface area contributed by atoms with Gasteiger partial charge < -0.3 is 15.3 Å². The van der Waals surface area contributed by atoms with E-state index < -0.39 is 6.04 Å². The van der Waals surface area contributed by atoms with Crippen LogP contribution in [0.25, 0.3) is 0 Å². The number of nitrogens with zero attached hydrogens (tertiary/aromatic N) is 1. The van der Waals surface area contributed by atoms with E-state index in [1.165, 1.54) is 11.3 Å². The van der Waals surface area contributed by atoms with Crippen LogP contribution in [0.1, 0.15) is 28.1 Å². The maximum absolute atomic E-state index is 12.6. The average molecular weight is 365 g/mol. The van der Waals surface area contributed by atoms with Gasteiger partial charge in [-0.2, -0.15) is 0 Å². The van der Waals surface area contributed by atoms with Crippen molar-refractivity contribution in [3.63, 3.8) is 0 Å². The predicted molar refractivity (Wildman–Crippen MR) is 93.3 cm³/mol. The van der Waals surface area contributed by atoms with Crippen molar-refractivity contribution in [1.82, 2.24) is 10.2 Å². The highest BCUT2D eigenvalue weighted by molar-refractivity contribution is 7.17. The number of amides is 2. The number of likely N-dealkylation sites (tertiary alicyclic amines) is 1. The number of benzene rings is 1. The van der Waals surface area contributed by atoms with Crippen LogP contribution in [0.2, 0.25) is 4.34 Å². The van der Waals surface area contributed by atoms with Crippen LogP contribution in [0.4, 0.5) is 0 Å². The second-order valence-electron chi connectivity index (χ2n) is 5.64. The number of carbonyl (C=O) groups is 2. The molecule has 0 radical (unpaired) electrons. The van der Waals surface area contributed by atoms with Crippen LogP contribution < -0.4 is 5.32 Å². The van der Waals surface area contributed by atoms with Gasteiger partial charge in [0.15, 0.2) is 0 Å². The van der Waals surface area contributed by atoms with Crippen LogP contribution >= 0.6 is 22.9 Å². The van der Waals surface area contributed by atoms with Gasteiger partial charge in [0.1, 0.15) is 11.8 Å². The highest BCUT2D eigenvalue weighted by atomic mass is 35.5. The van der Waals surface area contributed by atoms with Gasteiger partial charge in [0.25, 0.3) is 5.91 Å².